The summed E-state index contributed by atoms with van der Waals surface area (Å²) in [6.07, 6.45) is 16.2. The van der Waals surface area contributed by atoms with E-state index >= 15 is 0 Å². The monoisotopic (exact) mass is 304 g/mol. The van der Waals surface area contributed by atoms with Crippen molar-refractivity contribution in [3.05, 3.63) is 29.3 Å². The molecular formula is C20H32O2. The van der Waals surface area contributed by atoms with Crippen LogP contribution in [0.25, 0.3) is 0 Å². The summed E-state index contributed by atoms with van der Waals surface area (Å²) in [6.45, 7) is 2.96. The van der Waals surface area contributed by atoms with Gasteiger partial charge in [0.1, 0.15) is 0 Å². The minimum Gasteiger partial charge on any atom is -0.337 e. The lowest BCUT2D eigenvalue weighted by Gasteiger charge is -2.16. The Kier molecular flexibility index (Phi) is 8.40. The van der Waals surface area contributed by atoms with Crippen LogP contribution in [0, 0.1) is 0 Å². The Morgan fingerprint density at radius 3 is 2.27 bits per heavy atom. The second-order valence-corrected chi connectivity index (χ2v) is 6.53. The molecule has 1 heterocycles. The summed E-state index contributed by atoms with van der Waals surface area (Å²) in [6, 6.07) is 6.53. The van der Waals surface area contributed by atoms with Crippen LogP contribution in [0.4, 0.5) is 0 Å². The van der Waals surface area contributed by atoms with Crippen molar-refractivity contribution in [1.82, 2.24) is 0 Å². The highest BCUT2D eigenvalue weighted by molar-refractivity contribution is 5.37. The molecule has 1 aliphatic heterocycles. The minimum absolute atomic E-state index is 0.675. The molecule has 0 fully saturated rings. The number of fused-ring (bicyclic) bond motifs is 1. The van der Waals surface area contributed by atoms with Gasteiger partial charge in [-0.15, -0.1) is 0 Å². The Bertz CT molecular complexity index is 414. The topological polar surface area (TPSA) is 18.5 Å². The fourth-order valence-electron chi connectivity index (χ4n) is 3.14. The number of hydrogen-bond acceptors (Lipinski definition) is 2. The predicted octanol–water partition coefficient (Wildman–Crippen LogP) is 6.02. The zero-order valence-corrected chi connectivity index (χ0v) is 14.2. The molecule has 0 atom stereocenters. The predicted molar refractivity (Wildman–Crippen MR) is 92.3 cm³/mol. The van der Waals surface area contributed by atoms with Crippen LogP contribution >= 0.6 is 0 Å². The van der Waals surface area contributed by atoms with Gasteiger partial charge in [0.25, 0.3) is 0 Å². The molecule has 0 radical (unpaired) electrons. The molecule has 0 saturated heterocycles. The second kappa shape index (κ2) is 10.7. The fraction of sp³-hybridized carbons (Fsp3) is 0.700. The van der Waals surface area contributed by atoms with E-state index in [1.54, 1.807) is 0 Å². The van der Waals surface area contributed by atoms with Crippen molar-refractivity contribution in [3.8, 4) is 5.75 Å². The van der Waals surface area contributed by atoms with Gasteiger partial charge in [-0.2, -0.15) is 4.89 Å². The Morgan fingerprint density at radius 2 is 1.55 bits per heavy atom. The number of aryl methyl sites for hydroxylation is 1. The van der Waals surface area contributed by atoms with Crippen molar-refractivity contribution in [3.63, 3.8) is 0 Å². The molecule has 0 spiro atoms. The summed E-state index contributed by atoms with van der Waals surface area (Å²) in [7, 11) is 0. The van der Waals surface area contributed by atoms with Crippen LogP contribution in [0.5, 0.6) is 5.75 Å². The summed E-state index contributed by atoms with van der Waals surface area (Å²) >= 11 is 0. The van der Waals surface area contributed by atoms with Crippen LogP contribution in [-0.4, -0.2) is 6.61 Å². The summed E-state index contributed by atoms with van der Waals surface area (Å²) in [4.78, 5) is 10.2. The van der Waals surface area contributed by atoms with Gasteiger partial charge >= 0.3 is 0 Å². The number of hydrogen-bond donors (Lipinski definition) is 0. The summed E-state index contributed by atoms with van der Waals surface area (Å²) < 4.78 is 0. The molecule has 2 nitrogen and oxygen atoms in total. The zero-order chi connectivity index (χ0) is 15.5. The first-order chi connectivity index (χ1) is 10.9. The maximum absolute atomic E-state index is 5.18. The number of unbranched alkanes of at least 4 members (excludes halogenated alkanes) is 9. The van der Waals surface area contributed by atoms with Crippen LogP contribution in [0.1, 0.15) is 82.3 Å². The van der Waals surface area contributed by atoms with E-state index in [1.807, 2.05) is 0 Å². The zero-order valence-electron chi connectivity index (χ0n) is 14.2. The second-order valence-electron chi connectivity index (χ2n) is 6.53. The van der Waals surface area contributed by atoms with Crippen molar-refractivity contribution in [1.29, 1.82) is 0 Å². The van der Waals surface area contributed by atoms with Gasteiger partial charge in [-0.1, -0.05) is 76.8 Å². The highest BCUT2D eigenvalue weighted by atomic mass is 17.2. The van der Waals surface area contributed by atoms with Crippen molar-refractivity contribution in [2.75, 3.05) is 6.61 Å². The molecule has 124 valence electrons. The molecule has 2 rings (SSSR count). The van der Waals surface area contributed by atoms with Gasteiger partial charge in [-0.3, -0.25) is 0 Å². The van der Waals surface area contributed by atoms with Gasteiger partial charge in [0, 0.05) is 12.0 Å². The summed E-state index contributed by atoms with van der Waals surface area (Å²) in [5.74, 6) is 0.901. The minimum atomic E-state index is 0.675. The SMILES string of the molecule is CCCCCCCCCCCCc1ccc2c(c1)CCOO2. The third-order valence-corrected chi connectivity index (χ3v) is 4.55. The normalized spacial score (nSPS) is 13.7. The number of benzene rings is 1. The van der Waals surface area contributed by atoms with Crippen LogP contribution < -0.4 is 4.89 Å². The van der Waals surface area contributed by atoms with Crippen LogP contribution in [-0.2, 0) is 17.7 Å². The smallest absolute Gasteiger partial charge is 0.168 e. The third-order valence-electron chi connectivity index (χ3n) is 4.55. The van der Waals surface area contributed by atoms with E-state index in [2.05, 4.69) is 25.1 Å². The highest BCUT2D eigenvalue weighted by Crippen LogP contribution is 2.25. The average Bonchev–Trinajstić information content (AvgIpc) is 2.56. The van der Waals surface area contributed by atoms with E-state index in [9.17, 15) is 0 Å². The average molecular weight is 304 g/mol. The molecule has 0 bridgehead atoms. The van der Waals surface area contributed by atoms with E-state index in [0.717, 1.165) is 12.2 Å². The summed E-state index contributed by atoms with van der Waals surface area (Å²) in [5, 5.41) is 0. The van der Waals surface area contributed by atoms with E-state index in [4.69, 9.17) is 9.78 Å². The van der Waals surface area contributed by atoms with Gasteiger partial charge in [0.05, 0.1) is 6.61 Å². The van der Waals surface area contributed by atoms with E-state index in [-0.39, 0.29) is 0 Å². The quantitative estimate of drug-likeness (QED) is 0.368. The molecule has 1 aromatic carbocycles. The van der Waals surface area contributed by atoms with Gasteiger partial charge in [-0.25, -0.2) is 0 Å². The fourth-order valence-corrected chi connectivity index (χ4v) is 3.14. The molecule has 22 heavy (non-hydrogen) atoms. The first-order valence-corrected chi connectivity index (χ1v) is 9.31. The number of rotatable bonds is 11. The lowest BCUT2D eigenvalue weighted by Crippen LogP contribution is -2.11. The van der Waals surface area contributed by atoms with E-state index < -0.39 is 0 Å². The lowest BCUT2D eigenvalue weighted by molar-refractivity contribution is -0.215. The lowest BCUT2D eigenvalue weighted by atomic mass is 10.0. The van der Waals surface area contributed by atoms with Gasteiger partial charge < -0.3 is 4.89 Å². The van der Waals surface area contributed by atoms with Crippen molar-refractivity contribution >= 4 is 0 Å². The largest absolute Gasteiger partial charge is 0.337 e. The standard InChI is InChI=1S/C20H32O2/c1-2-3-4-5-6-7-8-9-10-11-12-18-13-14-20-19(17-18)15-16-21-22-20/h13-14,17H,2-12,15-16H2,1H3. The highest BCUT2D eigenvalue weighted by Gasteiger charge is 2.11. The molecule has 0 unspecified atom stereocenters. The van der Waals surface area contributed by atoms with Gasteiger partial charge in [0.2, 0.25) is 0 Å². The molecule has 0 saturated carbocycles. The Hall–Kier alpha value is -1.02. The molecule has 1 aromatic rings. The van der Waals surface area contributed by atoms with Crippen molar-refractivity contribution in [2.24, 2.45) is 0 Å². The molecule has 0 aliphatic carbocycles. The Balaban J connectivity index is 1.50. The van der Waals surface area contributed by atoms with E-state index in [1.165, 1.54) is 81.8 Å². The van der Waals surface area contributed by atoms with Gasteiger partial charge in [-0.05, 0) is 24.5 Å². The van der Waals surface area contributed by atoms with E-state index in [0.29, 0.717) is 6.61 Å². The Labute approximate surface area is 136 Å². The summed E-state index contributed by atoms with van der Waals surface area (Å²) in [5.41, 5.74) is 2.75. The first-order valence-electron chi connectivity index (χ1n) is 9.31. The molecule has 1 aliphatic rings. The maximum Gasteiger partial charge on any atom is 0.168 e. The molecule has 2 heteroatoms. The Morgan fingerprint density at radius 1 is 0.864 bits per heavy atom. The molecule has 0 amide bonds. The van der Waals surface area contributed by atoms with Crippen LogP contribution in [0.2, 0.25) is 0 Å². The molecular weight excluding hydrogens is 272 g/mol. The van der Waals surface area contributed by atoms with Gasteiger partial charge in [0.15, 0.2) is 5.75 Å². The van der Waals surface area contributed by atoms with Crippen molar-refractivity contribution in [2.45, 2.75) is 84.0 Å². The van der Waals surface area contributed by atoms with Crippen LogP contribution in [0.15, 0.2) is 18.2 Å². The maximum atomic E-state index is 5.18. The molecule has 0 N–H and O–H groups in total. The molecule has 0 aromatic heterocycles. The third kappa shape index (κ3) is 6.39. The van der Waals surface area contributed by atoms with Crippen LogP contribution in [0.3, 0.4) is 0 Å². The van der Waals surface area contributed by atoms with Crippen molar-refractivity contribution < 1.29 is 9.78 Å². The first kappa shape index (κ1) is 17.3.